The van der Waals surface area contributed by atoms with Crippen molar-refractivity contribution in [1.29, 1.82) is 0 Å². The van der Waals surface area contributed by atoms with Crippen molar-refractivity contribution in [1.82, 2.24) is 10.2 Å². The molecule has 1 atom stereocenters. The Bertz CT molecular complexity index is 630. The Kier molecular flexibility index (Phi) is 4.48. The van der Waals surface area contributed by atoms with Crippen molar-refractivity contribution in [2.24, 2.45) is 0 Å². The maximum absolute atomic E-state index is 12.1. The SMILES string of the molecule is CN(C[C@H]1COc2ccccc2O1)C(=O)NCc1cccs1. The van der Waals surface area contributed by atoms with E-state index in [1.807, 2.05) is 41.8 Å². The highest BCUT2D eigenvalue weighted by Crippen LogP contribution is 2.30. The van der Waals surface area contributed by atoms with E-state index in [1.54, 1.807) is 23.3 Å². The van der Waals surface area contributed by atoms with Crippen LogP contribution in [0.3, 0.4) is 0 Å². The van der Waals surface area contributed by atoms with Crippen LogP contribution in [0.4, 0.5) is 4.79 Å². The number of benzene rings is 1. The quantitative estimate of drug-likeness (QED) is 0.943. The number of carbonyl (C=O) groups excluding carboxylic acids is 1. The van der Waals surface area contributed by atoms with Gasteiger partial charge in [0.1, 0.15) is 6.61 Å². The summed E-state index contributed by atoms with van der Waals surface area (Å²) in [6, 6.07) is 11.4. The number of likely N-dealkylation sites (N-methyl/N-ethyl adjacent to an activating group) is 1. The normalized spacial score (nSPS) is 16.1. The molecule has 0 bridgehead atoms. The average Bonchev–Trinajstić information content (AvgIpc) is 3.06. The lowest BCUT2D eigenvalue weighted by Crippen LogP contribution is -2.45. The van der Waals surface area contributed by atoms with Crippen LogP contribution in [0.5, 0.6) is 11.5 Å². The third-order valence-corrected chi connectivity index (χ3v) is 4.26. The predicted molar refractivity (Wildman–Crippen MR) is 85.5 cm³/mol. The minimum atomic E-state index is -0.160. The van der Waals surface area contributed by atoms with Gasteiger partial charge in [-0.05, 0) is 23.6 Å². The fraction of sp³-hybridized carbons (Fsp3) is 0.312. The van der Waals surface area contributed by atoms with Crippen molar-refractivity contribution in [3.63, 3.8) is 0 Å². The maximum atomic E-state index is 12.1. The zero-order valence-corrected chi connectivity index (χ0v) is 13.1. The largest absolute Gasteiger partial charge is 0.486 e. The summed E-state index contributed by atoms with van der Waals surface area (Å²) in [5.74, 6) is 1.48. The summed E-state index contributed by atoms with van der Waals surface area (Å²) in [6.45, 7) is 1.47. The summed E-state index contributed by atoms with van der Waals surface area (Å²) >= 11 is 1.63. The van der Waals surface area contributed by atoms with Crippen LogP contribution in [0.2, 0.25) is 0 Å². The zero-order chi connectivity index (χ0) is 15.4. The van der Waals surface area contributed by atoms with E-state index in [9.17, 15) is 4.79 Å². The smallest absolute Gasteiger partial charge is 0.317 e. The molecule has 1 aliphatic rings. The number of amides is 2. The highest BCUT2D eigenvalue weighted by molar-refractivity contribution is 7.09. The molecule has 6 heteroatoms. The summed E-state index contributed by atoms with van der Waals surface area (Å²) < 4.78 is 11.5. The first-order chi connectivity index (χ1) is 10.7. The molecule has 22 heavy (non-hydrogen) atoms. The van der Waals surface area contributed by atoms with Crippen molar-refractivity contribution >= 4 is 17.4 Å². The highest BCUT2D eigenvalue weighted by atomic mass is 32.1. The molecule has 0 fully saturated rings. The molecule has 2 amide bonds. The van der Waals surface area contributed by atoms with E-state index in [-0.39, 0.29) is 12.1 Å². The van der Waals surface area contributed by atoms with Gasteiger partial charge in [0.15, 0.2) is 17.6 Å². The first-order valence-corrected chi connectivity index (χ1v) is 8.00. The number of fused-ring (bicyclic) bond motifs is 1. The van der Waals surface area contributed by atoms with Gasteiger partial charge in [-0.15, -0.1) is 11.3 Å². The number of hydrogen-bond donors (Lipinski definition) is 1. The molecule has 1 aromatic carbocycles. The molecule has 2 heterocycles. The average molecular weight is 318 g/mol. The molecule has 0 saturated heterocycles. The van der Waals surface area contributed by atoms with Crippen molar-refractivity contribution in [2.45, 2.75) is 12.6 Å². The Morgan fingerprint density at radius 1 is 1.32 bits per heavy atom. The number of ether oxygens (including phenoxy) is 2. The Morgan fingerprint density at radius 2 is 2.14 bits per heavy atom. The van der Waals surface area contributed by atoms with Crippen LogP contribution in [-0.4, -0.2) is 37.2 Å². The van der Waals surface area contributed by atoms with E-state index in [2.05, 4.69) is 5.32 Å². The number of thiophene rings is 1. The van der Waals surface area contributed by atoms with Gasteiger partial charge in [-0.2, -0.15) is 0 Å². The Morgan fingerprint density at radius 3 is 2.91 bits per heavy atom. The molecule has 0 radical (unpaired) electrons. The fourth-order valence-electron chi connectivity index (χ4n) is 2.25. The molecular formula is C16H18N2O3S. The molecule has 0 spiro atoms. The van der Waals surface area contributed by atoms with Gasteiger partial charge in [0.25, 0.3) is 0 Å². The molecule has 5 nitrogen and oxygen atoms in total. The summed E-state index contributed by atoms with van der Waals surface area (Å²) in [4.78, 5) is 14.8. The van der Waals surface area contributed by atoms with Gasteiger partial charge in [0.05, 0.1) is 13.1 Å². The summed E-state index contributed by atoms with van der Waals surface area (Å²) in [7, 11) is 1.76. The van der Waals surface area contributed by atoms with Crippen LogP contribution in [0, 0.1) is 0 Å². The number of nitrogens with one attached hydrogen (secondary N) is 1. The molecule has 116 valence electrons. The first kappa shape index (κ1) is 14.7. The van der Waals surface area contributed by atoms with Crippen LogP contribution >= 0.6 is 11.3 Å². The molecule has 0 aliphatic carbocycles. The molecule has 0 saturated carbocycles. The van der Waals surface area contributed by atoms with E-state index in [0.717, 1.165) is 16.4 Å². The fourth-order valence-corrected chi connectivity index (χ4v) is 2.90. The molecule has 1 aromatic heterocycles. The Balaban J connectivity index is 1.49. The molecule has 1 aliphatic heterocycles. The standard InChI is InChI=1S/C16H18N2O3S/c1-18(16(19)17-9-13-5-4-8-22-13)10-12-11-20-14-6-2-3-7-15(14)21-12/h2-8,12H,9-11H2,1H3,(H,17,19)/t12-/m0/s1. The van der Waals surface area contributed by atoms with Crippen molar-refractivity contribution < 1.29 is 14.3 Å². The summed E-state index contributed by atoms with van der Waals surface area (Å²) in [5, 5.41) is 4.89. The van der Waals surface area contributed by atoms with Gasteiger partial charge >= 0.3 is 6.03 Å². The van der Waals surface area contributed by atoms with E-state index in [4.69, 9.17) is 9.47 Å². The van der Waals surface area contributed by atoms with Crippen LogP contribution < -0.4 is 14.8 Å². The third-order valence-electron chi connectivity index (χ3n) is 3.39. The number of rotatable bonds is 4. The monoisotopic (exact) mass is 318 g/mol. The number of para-hydroxylation sites is 2. The molecule has 2 aromatic rings. The lowest BCUT2D eigenvalue weighted by Gasteiger charge is -2.29. The number of hydrogen-bond acceptors (Lipinski definition) is 4. The minimum Gasteiger partial charge on any atom is -0.486 e. The van der Waals surface area contributed by atoms with Crippen LogP contribution in [0.1, 0.15) is 4.88 Å². The minimum absolute atomic E-state index is 0.115. The topological polar surface area (TPSA) is 50.8 Å². The Hall–Kier alpha value is -2.21. The Labute approximate surface area is 133 Å². The zero-order valence-electron chi connectivity index (χ0n) is 12.3. The second kappa shape index (κ2) is 6.70. The number of nitrogens with zero attached hydrogens (tertiary/aromatic N) is 1. The van der Waals surface area contributed by atoms with E-state index < -0.39 is 0 Å². The van der Waals surface area contributed by atoms with E-state index in [0.29, 0.717) is 19.7 Å². The van der Waals surface area contributed by atoms with Crippen molar-refractivity contribution in [3.8, 4) is 11.5 Å². The van der Waals surface area contributed by atoms with Crippen molar-refractivity contribution in [2.75, 3.05) is 20.2 Å². The second-order valence-electron chi connectivity index (χ2n) is 5.12. The van der Waals surface area contributed by atoms with Crippen LogP contribution in [-0.2, 0) is 6.54 Å². The van der Waals surface area contributed by atoms with Gasteiger partial charge < -0.3 is 19.7 Å². The van der Waals surface area contributed by atoms with Crippen LogP contribution in [0.15, 0.2) is 41.8 Å². The van der Waals surface area contributed by atoms with Gasteiger partial charge in [-0.3, -0.25) is 0 Å². The number of carbonyl (C=O) groups is 1. The van der Waals surface area contributed by atoms with E-state index >= 15 is 0 Å². The summed E-state index contributed by atoms with van der Waals surface area (Å²) in [6.07, 6.45) is -0.160. The van der Waals surface area contributed by atoms with Gasteiger partial charge in [0, 0.05) is 11.9 Å². The van der Waals surface area contributed by atoms with Crippen LogP contribution in [0.25, 0.3) is 0 Å². The molecule has 3 rings (SSSR count). The molecular weight excluding hydrogens is 300 g/mol. The number of urea groups is 1. The van der Waals surface area contributed by atoms with Gasteiger partial charge in [-0.25, -0.2) is 4.79 Å². The van der Waals surface area contributed by atoms with Gasteiger partial charge in [-0.1, -0.05) is 18.2 Å². The van der Waals surface area contributed by atoms with Gasteiger partial charge in [0.2, 0.25) is 0 Å². The van der Waals surface area contributed by atoms with Crippen molar-refractivity contribution in [3.05, 3.63) is 46.7 Å². The predicted octanol–water partition coefficient (Wildman–Crippen LogP) is 2.73. The van der Waals surface area contributed by atoms with E-state index in [1.165, 1.54) is 0 Å². The lowest BCUT2D eigenvalue weighted by atomic mass is 10.2. The maximum Gasteiger partial charge on any atom is 0.317 e. The molecule has 1 N–H and O–H groups in total. The second-order valence-corrected chi connectivity index (χ2v) is 6.15. The first-order valence-electron chi connectivity index (χ1n) is 7.12. The highest BCUT2D eigenvalue weighted by Gasteiger charge is 2.23. The molecule has 0 unspecified atom stereocenters. The summed E-state index contributed by atoms with van der Waals surface area (Å²) in [5.41, 5.74) is 0. The third kappa shape index (κ3) is 3.51. The lowest BCUT2D eigenvalue weighted by molar-refractivity contribution is 0.0715.